The molecular weight excluding hydrogens is 257 g/mol. The quantitative estimate of drug-likeness (QED) is 0.841. The van der Waals surface area contributed by atoms with Gasteiger partial charge in [-0.1, -0.05) is 6.08 Å². The van der Waals surface area contributed by atoms with Gasteiger partial charge < -0.3 is 15.4 Å². The Morgan fingerprint density at radius 2 is 2.20 bits per heavy atom. The van der Waals surface area contributed by atoms with Crippen LogP contribution in [0.1, 0.15) is 5.56 Å². The van der Waals surface area contributed by atoms with Crippen molar-refractivity contribution in [2.24, 2.45) is 4.99 Å². The van der Waals surface area contributed by atoms with Gasteiger partial charge in [-0.25, -0.2) is 4.39 Å². The van der Waals surface area contributed by atoms with Crippen molar-refractivity contribution in [2.45, 2.75) is 19.0 Å². The first-order valence-corrected chi connectivity index (χ1v) is 6.44. The second-order valence-electron chi connectivity index (χ2n) is 5.03. The average Bonchev–Trinajstić information content (AvgIpc) is 2.81. The SMILES string of the molecule is Cc1c(OC2=CC3N=CN(C)C3C=C2)ccc(N)c1F. The van der Waals surface area contributed by atoms with E-state index in [2.05, 4.69) is 4.99 Å². The average molecular weight is 273 g/mol. The van der Waals surface area contributed by atoms with Crippen LogP contribution in [-0.2, 0) is 0 Å². The molecule has 4 nitrogen and oxygen atoms in total. The van der Waals surface area contributed by atoms with Crippen LogP contribution in [0.4, 0.5) is 10.1 Å². The van der Waals surface area contributed by atoms with Gasteiger partial charge in [0.15, 0.2) is 5.82 Å². The number of hydrogen-bond donors (Lipinski definition) is 1. The van der Waals surface area contributed by atoms with Crippen molar-refractivity contribution in [1.29, 1.82) is 0 Å². The molecule has 0 bridgehead atoms. The molecule has 1 heterocycles. The molecule has 2 unspecified atom stereocenters. The van der Waals surface area contributed by atoms with Crippen molar-refractivity contribution in [2.75, 3.05) is 12.8 Å². The van der Waals surface area contributed by atoms with E-state index in [0.717, 1.165) is 0 Å². The molecule has 1 aromatic rings. The maximum absolute atomic E-state index is 13.7. The van der Waals surface area contributed by atoms with E-state index in [1.165, 1.54) is 6.07 Å². The Bertz CT molecular complexity index is 636. The van der Waals surface area contributed by atoms with Crippen LogP contribution in [0.5, 0.6) is 5.75 Å². The second-order valence-corrected chi connectivity index (χ2v) is 5.03. The lowest BCUT2D eigenvalue weighted by molar-refractivity contribution is 0.402. The predicted molar refractivity (Wildman–Crippen MR) is 77.2 cm³/mol. The molecular formula is C15H16FN3O. The largest absolute Gasteiger partial charge is 0.457 e. The number of likely N-dealkylation sites (N-methyl/N-ethyl adjacent to an activating group) is 1. The zero-order valence-electron chi connectivity index (χ0n) is 11.4. The highest BCUT2D eigenvalue weighted by molar-refractivity contribution is 5.61. The van der Waals surface area contributed by atoms with Crippen LogP contribution in [0.25, 0.3) is 0 Å². The van der Waals surface area contributed by atoms with Crippen molar-refractivity contribution in [3.63, 3.8) is 0 Å². The van der Waals surface area contributed by atoms with Crippen molar-refractivity contribution in [3.8, 4) is 5.75 Å². The summed E-state index contributed by atoms with van der Waals surface area (Å²) in [7, 11) is 1.98. The van der Waals surface area contributed by atoms with Gasteiger partial charge in [0.05, 0.1) is 24.1 Å². The van der Waals surface area contributed by atoms with E-state index in [0.29, 0.717) is 17.1 Å². The van der Waals surface area contributed by atoms with Crippen LogP contribution in [0, 0.1) is 12.7 Å². The normalized spacial score (nSPS) is 23.8. The zero-order valence-corrected chi connectivity index (χ0v) is 11.4. The first-order chi connectivity index (χ1) is 9.56. The Kier molecular flexibility index (Phi) is 2.97. The highest BCUT2D eigenvalue weighted by Crippen LogP contribution is 2.29. The third kappa shape index (κ3) is 2.05. The summed E-state index contributed by atoms with van der Waals surface area (Å²) < 4.78 is 19.5. The summed E-state index contributed by atoms with van der Waals surface area (Å²) in [5, 5.41) is 0. The number of rotatable bonds is 2. The minimum atomic E-state index is -0.431. The van der Waals surface area contributed by atoms with Crippen LogP contribution in [0.15, 0.2) is 41.1 Å². The summed E-state index contributed by atoms with van der Waals surface area (Å²) in [6.07, 6.45) is 7.68. The Labute approximate surface area is 117 Å². The molecule has 0 fully saturated rings. The van der Waals surface area contributed by atoms with Gasteiger partial charge in [0.2, 0.25) is 0 Å². The number of nitrogen functional groups attached to an aromatic ring is 1. The fourth-order valence-electron chi connectivity index (χ4n) is 2.39. The first kappa shape index (κ1) is 12.7. The lowest BCUT2D eigenvalue weighted by Crippen LogP contribution is -2.32. The van der Waals surface area contributed by atoms with E-state index in [4.69, 9.17) is 10.5 Å². The van der Waals surface area contributed by atoms with E-state index in [9.17, 15) is 4.39 Å². The number of nitrogens with zero attached hydrogens (tertiary/aromatic N) is 2. The number of allylic oxidation sites excluding steroid dienone is 1. The van der Waals surface area contributed by atoms with Gasteiger partial charge in [0, 0.05) is 12.6 Å². The summed E-state index contributed by atoms with van der Waals surface area (Å²) in [5.74, 6) is 0.715. The molecule has 3 rings (SSSR count). The number of nitrogens with two attached hydrogens (primary N) is 1. The number of aliphatic imine (C=N–C) groups is 1. The summed E-state index contributed by atoms with van der Waals surface area (Å²) >= 11 is 0. The van der Waals surface area contributed by atoms with E-state index < -0.39 is 5.82 Å². The minimum Gasteiger partial charge on any atom is -0.457 e. The van der Waals surface area contributed by atoms with E-state index >= 15 is 0 Å². The fourth-order valence-corrected chi connectivity index (χ4v) is 2.39. The smallest absolute Gasteiger partial charge is 0.152 e. The third-order valence-electron chi connectivity index (χ3n) is 3.63. The molecule has 1 aliphatic heterocycles. The maximum atomic E-state index is 13.7. The molecule has 2 atom stereocenters. The van der Waals surface area contributed by atoms with Crippen LogP contribution in [0.2, 0.25) is 0 Å². The van der Waals surface area contributed by atoms with Gasteiger partial charge in [-0.15, -0.1) is 0 Å². The van der Waals surface area contributed by atoms with E-state index in [1.807, 2.05) is 36.5 Å². The standard InChI is InChI=1S/C15H16FN3O/c1-9-14(6-4-11(17)15(9)16)20-10-3-5-13-12(7-10)18-8-19(13)2/h3-8,12-13H,17H2,1-2H3. The summed E-state index contributed by atoms with van der Waals surface area (Å²) in [5.41, 5.74) is 6.06. The molecule has 1 aromatic carbocycles. The minimum absolute atomic E-state index is 0.0546. The maximum Gasteiger partial charge on any atom is 0.152 e. The third-order valence-corrected chi connectivity index (χ3v) is 3.63. The van der Waals surface area contributed by atoms with Crippen LogP contribution in [0.3, 0.4) is 0 Å². The first-order valence-electron chi connectivity index (χ1n) is 6.44. The molecule has 0 aromatic heterocycles. The van der Waals surface area contributed by atoms with Gasteiger partial charge in [-0.05, 0) is 31.2 Å². The highest BCUT2D eigenvalue weighted by Gasteiger charge is 2.27. The Hall–Kier alpha value is -2.30. The number of benzene rings is 1. The van der Waals surface area contributed by atoms with Gasteiger partial charge in [0.25, 0.3) is 0 Å². The van der Waals surface area contributed by atoms with Crippen LogP contribution < -0.4 is 10.5 Å². The van der Waals surface area contributed by atoms with Gasteiger partial charge in [-0.3, -0.25) is 4.99 Å². The lowest BCUT2D eigenvalue weighted by Gasteiger charge is -2.23. The lowest BCUT2D eigenvalue weighted by atomic mass is 10.0. The Morgan fingerprint density at radius 3 is 3.00 bits per heavy atom. The number of anilines is 1. The number of fused-ring (bicyclic) bond motifs is 1. The van der Waals surface area contributed by atoms with E-state index in [-0.39, 0.29) is 17.8 Å². The van der Waals surface area contributed by atoms with Crippen molar-refractivity contribution in [1.82, 2.24) is 4.90 Å². The summed E-state index contributed by atoms with van der Waals surface area (Å²) in [6, 6.07) is 3.48. The molecule has 20 heavy (non-hydrogen) atoms. The monoisotopic (exact) mass is 273 g/mol. The summed E-state index contributed by atoms with van der Waals surface area (Å²) in [6.45, 7) is 1.65. The molecule has 0 saturated heterocycles. The molecule has 0 spiro atoms. The molecule has 0 radical (unpaired) electrons. The van der Waals surface area contributed by atoms with E-state index in [1.54, 1.807) is 13.0 Å². The van der Waals surface area contributed by atoms with Crippen molar-refractivity contribution in [3.05, 3.63) is 47.5 Å². The zero-order chi connectivity index (χ0) is 14.3. The van der Waals surface area contributed by atoms with Gasteiger partial charge in [0.1, 0.15) is 11.5 Å². The number of ether oxygens (including phenoxy) is 1. The molecule has 0 saturated carbocycles. The molecule has 2 N–H and O–H groups in total. The van der Waals surface area contributed by atoms with Gasteiger partial charge in [-0.2, -0.15) is 0 Å². The molecule has 104 valence electrons. The topological polar surface area (TPSA) is 50.8 Å². The number of halogens is 1. The Balaban J connectivity index is 1.83. The fraction of sp³-hybridized carbons (Fsp3) is 0.267. The Morgan fingerprint density at radius 1 is 1.40 bits per heavy atom. The number of hydrogen-bond acceptors (Lipinski definition) is 4. The molecule has 2 aliphatic rings. The van der Waals surface area contributed by atoms with Crippen LogP contribution >= 0.6 is 0 Å². The molecule has 1 aliphatic carbocycles. The molecule has 5 heteroatoms. The van der Waals surface area contributed by atoms with Crippen LogP contribution in [-0.4, -0.2) is 30.4 Å². The summed E-state index contributed by atoms with van der Waals surface area (Å²) in [4.78, 5) is 6.43. The van der Waals surface area contributed by atoms with Crippen molar-refractivity contribution < 1.29 is 9.13 Å². The second kappa shape index (κ2) is 4.67. The highest BCUT2D eigenvalue weighted by atomic mass is 19.1. The van der Waals surface area contributed by atoms with Gasteiger partial charge >= 0.3 is 0 Å². The predicted octanol–water partition coefficient (Wildman–Crippen LogP) is 2.26. The van der Waals surface area contributed by atoms with Crippen molar-refractivity contribution >= 4 is 12.0 Å². The molecule has 0 amide bonds.